The van der Waals surface area contributed by atoms with E-state index >= 15 is 0 Å². The Bertz CT molecular complexity index is 632. The Balaban J connectivity index is 1.86. The summed E-state index contributed by atoms with van der Waals surface area (Å²) in [6, 6.07) is 18.1. The van der Waals surface area contributed by atoms with Gasteiger partial charge in [-0.1, -0.05) is 36.4 Å². The van der Waals surface area contributed by atoms with Crippen molar-refractivity contribution >= 4 is 5.97 Å². The number of aliphatic carboxylic acids is 1. The summed E-state index contributed by atoms with van der Waals surface area (Å²) in [7, 11) is 0. The largest absolute Gasteiger partial charge is 0.484 e. The Morgan fingerprint density at radius 3 is 2.23 bits per heavy atom. The molecule has 0 saturated carbocycles. The van der Waals surface area contributed by atoms with Crippen LogP contribution in [0.5, 0.6) is 11.5 Å². The number of nitrogens with one attached hydrogen (secondary N) is 1. The maximum atomic E-state index is 11.9. The zero-order valence-electron chi connectivity index (χ0n) is 11.9. The van der Waals surface area contributed by atoms with Crippen molar-refractivity contribution in [3.63, 3.8) is 0 Å². The van der Waals surface area contributed by atoms with Gasteiger partial charge in [0.25, 0.3) is 5.72 Å². The molecule has 5 heteroatoms. The Morgan fingerprint density at radius 2 is 1.64 bits per heavy atom. The summed E-state index contributed by atoms with van der Waals surface area (Å²) in [6.07, 6.45) is -0.0683. The van der Waals surface area contributed by atoms with E-state index < -0.39 is 17.8 Å². The Kier molecular flexibility index (Phi) is 3.98. The molecule has 1 saturated heterocycles. The van der Waals surface area contributed by atoms with E-state index in [1.165, 1.54) is 0 Å². The summed E-state index contributed by atoms with van der Waals surface area (Å²) in [5.41, 5.74) is -1.59. The first-order valence-corrected chi connectivity index (χ1v) is 7.15. The number of carboxylic acid groups (broad SMARTS) is 1. The first-order valence-electron chi connectivity index (χ1n) is 7.15. The van der Waals surface area contributed by atoms with E-state index in [4.69, 9.17) is 9.47 Å². The molecule has 2 aromatic carbocycles. The summed E-state index contributed by atoms with van der Waals surface area (Å²) < 4.78 is 11.6. The van der Waals surface area contributed by atoms with Crippen molar-refractivity contribution in [2.75, 3.05) is 6.54 Å². The summed E-state index contributed by atoms with van der Waals surface area (Å²) in [5.74, 6) is 0.0224. The van der Waals surface area contributed by atoms with E-state index in [1.807, 2.05) is 24.3 Å². The molecule has 3 rings (SSSR count). The van der Waals surface area contributed by atoms with Gasteiger partial charge in [-0.2, -0.15) is 0 Å². The fraction of sp³-hybridized carbons (Fsp3) is 0.235. The van der Waals surface area contributed by atoms with Crippen molar-refractivity contribution in [3.05, 3.63) is 60.7 Å². The molecule has 0 radical (unpaired) electrons. The number of hydrogen-bond donors (Lipinski definition) is 2. The lowest BCUT2D eigenvalue weighted by Gasteiger charge is -2.31. The number of hydrogen-bond acceptors (Lipinski definition) is 4. The third-order valence-electron chi connectivity index (χ3n) is 3.61. The number of rotatable bonds is 5. The average Bonchev–Trinajstić information content (AvgIpc) is 2.93. The predicted molar refractivity (Wildman–Crippen MR) is 80.9 cm³/mol. The predicted octanol–water partition coefficient (Wildman–Crippen LogP) is 2.29. The molecule has 1 unspecified atom stereocenters. The summed E-state index contributed by atoms with van der Waals surface area (Å²) in [4.78, 5) is 11.9. The van der Waals surface area contributed by atoms with E-state index in [2.05, 4.69) is 5.32 Å². The first-order chi connectivity index (χ1) is 10.7. The van der Waals surface area contributed by atoms with Gasteiger partial charge in [0, 0.05) is 13.0 Å². The van der Waals surface area contributed by atoms with E-state index in [1.54, 1.807) is 36.4 Å². The van der Waals surface area contributed by atoms with Crippen LogP contribution in [-0.2, 0) is 4.79 Å². The lowest BCUT2D eigenvalue weighted by molar-refractivity contribution is -0.164. The van der Waals surface area contributed by atoms with Gasteiger partial charge in [0.1, 0.15) is 11.5 Å². The van der Waals surface area contributed by atoms with Crippen LogP contribution in [0, 0.1) is 0 Å². The monoisotopic (exact) mass is 299 g/mol. The molecule has 2 atom stereocenters. The lowest BCUT2D eigenvalue weighted by Crippen LogP contribution is -2.61. The minimum atomic E-state index is -1.59. The van der Waals surface area contributed by atoms with Crippen molar-refractivity contribution in [2.24, 2.45) is 0 Å². The van der Waals surface area contributed by atoms with Crippen LogP contribution in [0.3, 0.4) is 0 Å². The first kappa shape index (κ1) is 14.4. The van der Waals surface area contributed by atoms with Crippen LogP contribution in [0.25, 0.3) is 0 Å². The van der Waals surface area contributed by atoms with Gasteiger partial charge in [-0.25, -0.2) is 4.79 Å². The maximum Gasteiger partial charge on any atom is 0.368 e. The van der Waals surface area contributed by atoms with Crippen LogP contribution in [-0.4, -0.2) is 29.4 Å². The number of benzene rings is 2. The van der Waals surface area contributed by atoms with Gasteiger partial charge in [-0.15, -0.1) is 0 Å². The molecule has 0 aliphatic carbocycles. The molecule has 22 heavy (non-hydrogen) atoms. The van der Waals surface area contributed by atoms with Crippen molar-refractivity contribution in [2.45, 2.75) is 18.2 Å². The highest BCUT2D eigenvalue weighted by Gasteiger charge is 2.54. The SMILES string of the molecule is O=C(O)[C@@]1(Oc2ccccc2)NCCC1Oc1ccccc1. The fourth-order valence-electron chi connectivity index (χ4n) is 2.54. The fourth-order valence-corrected chi connectivity index (χ4v) is 2.54. The maximum absolute atomic E-state index is 11.9. The zero-order valence-corrected chi connectivity index (χ0v) is 11.9. The van der Waals surface area contributed by atoms with Crippen LogP contribution >= 0.6 is 0 Å². The molecular formula is C17H17NO4. The number of ether oxygens (including phenoxy) is 2. The van der Waals surface area contributed by atoms with Crippen LogP contribution in [0.4, 0.5) is 0 Å². The molecule has 2 N–H and O–H groups in total. The summed E-state index contributed by atoms with van der Waals surface area (Å²) >= 11 is 0. The molecule has 2 aromatic rings. The number of para-hydroxylation sites is 2. The Morgan fingerprint density at radius 1 is 1.05 bits per heavy atom. The third kappa shape index (κ3) is 2.76. The molecule has 0 amide bonds. The van der Waals surface area contributed by atoms with Crippen molar-refractivity contribution in [1.82, 2.24) is 5.32 Å². The molecule has 0 spiro atoms. The second-order valence-electron chi connectivity index (χ2n) is 5.09. The number of carbonyl (C=O) groups is 1. The summed E-state index contributed by atoms with van der Waals surface area (Å²) in [5, 5.41) is 12.6. The second kappa shape index (κ2) is 6.07. The van der Waals surface area contributed by atoms with Crippen molar-refractivity contribution in [1.29, 1.82) is 0 Å². The summed E-state index contributed by atoms with van der Waals surface area (Å²) in [6.45, 7) is 0.511. The molecule has 1 aliphatic rings. The molecule has 5 nitrogen and oxygen atoms in total. The molecule has 1 fully saturated rings. The van der Waals surface area contributed by atoms with E-state index in [0.717, 1.165) is 0 Å². The standard InChI is InChI=1S/C17H17NO4/c19-16(20)17(22-14-9-5-2-6-10-14)15(11-12-18-17)21-13-7-3-1-4-8-13/h1-10,15,18H,11-12H2,(H,19,20)/t15?,17-/m1/s1. The van der Waals surface area contributed by atoms with Crippen molar-refractivity contribution in [3.8, 4) is 11.5 Å². The molecule has 0 bridgehead atoms. The van der Waals surface area contributed by atoms with Gasteiger partial charge in [0.15, 0.2) is 6.10 Å². The minimum absolute atomic E-state index is 0.487. The van der Waals surface area contributed by atoms with Gasteiger partial charge in [-0.05, 0) is 24.3 Å². The van der Waals surface area contributed by atoms with E-state index in [-0.39, 0.29) is 0 Å². The lowest BCUT2D eigenvalue weighted by atomic mass is 10.1. The smallest absolute Gasteiger partial charge is 0.368 e. The van der Waals surface area contributed by atoms with E-state index in [9.17, 15) is 9.90 Å². The zero-order chi connectivity index (χ0) is 15.4. The minimum Gasteiger partial charge on any atom is -0.484 e. The quantitative estimate of drug-likeness (QED) is 0.886. The highest BCUT2D eigenvalue weighted by Crippen LogP contribution is 2.29. The molecule has 1 aliphatic heterocycles. The molecule has 0 aromatic heterocycles. The van der Waals surface area contributed by atoms with Crippen LogP contribution < -0.4 is 14.8 Å². The second-order valence-corrected chi connectivity index (χ2v) is 5.09. The van der Waals surface area contributed by atoms with Crippen LogP contribution in [0.1, 0.15) is 6.42 Å². The Hall–Kier alpha value is -2.53. The normalized spacial score (nSPS) is 23.9. The average molecular weight is 299 g/mol. The van der Waals surface area contributed by atoms with Crippen molar-refractivity contribution < 1.29 is 19.4 Å². The topological polar surface area (TPSA) is 67.8 Å². The van der Waals surface area contributed by atoms with E-state index in [0.29, 0.717) is 24.5 Å². The molecule has 114 valence electrons. The highest BCUT2D eigenvalue weighted by atomic mass is 16.6. The van der Waals surface area contributed by atoms with Gasteiger partial charge >= 0.3 is 5.97 Å². The van der Waals surface area contributed by atoms with Gasteiger partial charge < -0.3 is 14.6 Å². The number of carboxylic acids is 1. The Labute approximate surface area is 128 Å². The van der Waals surface area contributed by atoms with Gasteiger partial charge in [0.2, 0.25) is 0 Å². The van der Waals surface area contributed by atoms with Crippen LogP contribution in [0.15, 0.2) is 60.7 Å². The van der Waals surface area contributed by atoms with Crippen LogP contribution in [0.2, 0.25) is 0 Å². The highest BCUT2D eigenvalue weighted by molar-refractivity contribution is 5.79. The van der Waals surface area contributed by atoms with Gasteiger partial charge in [0.05, 0.1) is 0 Å². The van der Waals surface area contributed by atoms with Gasteiger partial charge in [-0.3, -0.25) is 5.32 Å². The molecular weight excluding hydrogens is 282 g/mol. The molecule has 1 heterocycles. The third-order valence-corrected chi connectivity index (χ3v) is 3.61.